The smallest absolute Gasteiger partial charge is 0.293 e. The Bertz CT molecular complexity index is 1320. The number of anilines is 1. The lowest BCUT2D eigenvalue weighted by atomic mass is 10.1. The molecule has 0 N–H and O–H groups in total. The number of carbonyl (C=O) groups excluding carboxylic acids is 4. The summed E-state index contributed by atoms with van der Waals surface area (Å²) in [6.45, 7) is -0.177. The third kappa shape index (κ3) is 5.67. The van der Waals surface area contributed by atoms with Crippen LogP contribution in [0.5, 0.6) is 11.5 Å². The van der Waals surface area contributed by atoms with Gasteiger partial charge in [0, 0.05) is 44.5 Å². The fourth-order valence-corrected chi connectivity index (χ4v) is 5.41. The quantitative estimate of drug-likeness (QED) is 0.448. The van der Waals surface area contributed by atoms with Crippen molar-refractivity contribution in [1.82, 2.24) is 9.80 Å². The summed E-state index contributed by atoms with van der Waals surface area (Å²) in [5.74, 6) is 0.152. The number of benzene rings is 2. The molecule has 0 saturated carbocycles. The minimum atomic E-state index is -0.489. The van der Waals surface area contributed by atoms with E-state index in [-0.39, 0.29) is 18.0 Å². The van der Waals surface area contributed by atoms with E-state index in [2.05, 4.69) is 0 Å². The highest BCUT2D eigenvalue weighted by Gasteiger charge is 2.39. The van der Waals surface area contributed by atoms with Gasteiger partial charge in [0.05, 0.1) is 24.0 Å². The second-order valence-electron chi connectivity index (χ2n) is 8.26. The largest absolute Gasteiger partial charge is 0.497 e. The van der Waals surface area contributed by atoms with E-state index in [1.165, 1.54) is 14.2 Å². The summed E-state index contributed by atoms with van der Waals surface area (Å²) in [6, 6.07) is 12.7. The van der Waals surface area contributed by atoms with Crippen molar-refractivity contribution < 1.29 is 28.7 Å². The van der Waals surface area contributed by atoms with Gasteiger partial charge in [0.15, 0.2) is 0 Å². The summed E-state index contributed by atoms with van der Waals surface area (Å²) in [6.07, 6.45) is 3.24. The maximum absolute atomic E-state index is 12.9. The van der Waals surface area contributed by atoms with Gasteiger partial charge in [-0.1, -0.05) is 12.1 Å². The van der Waals surface area contributed by atoms with Gasteiger partial charge in [-0.2, -0.15) is 0 Å². The third-order valence-electron chi connectivity index (χ3n) is 5.73. The minimum absolute atomic E-state index is 0.0846. The highest BCUT2D eigenvalue weighted by molar-refractivity contribution is 8.18. The molecule has 0 unspecified atom stereocenters. The van der Waals surface area contributed by atoms with Gasteiger partial charge in [-0.25, -0.2) is 0 Å². The molecule has 2 saturated heterocycles. The number of imide groups is 2. The molecule has 4 amide bonds. The van der Waals surface area contributed by atoms with Gasteiger partial charge in [0.2, 0.25) is 0 Å². The van der Waals surface area contributed by atoms with E-state index in [1.807, 2.05) is 43.3 Å². The van der Waals surface area contributed by atoms with Gasteiger partial charge >= 0.3 is 0 Å². The topological polar surface area (TPSA) is 96.5 Å². The zero-order valence-corrected chi connectivity index (χ0v) is 22.4. The fraction of sp³-hybridized carbons (Fsp3) is 0.231. The first kappa shape index (κ1) is 26.4. The first-order valence-electron chi connectivity index (χ1n) is 11.2. The van der Waals surface area contributed by atoms with E-state index >= 15 is 0 Å². The number of hydrogen-bond donors (Lipinski definition) is 0. The SMILES string of the molecule is COc1ccc(/C=C2/SC(=O)N(CCN3C(=O)S/C(=C/c4ccc(N(C)C)cc4)C3=O)C2=O)c(OC)c1. The van der Waals surface area contributed by atoms with Crippen LogP contribution in [0.3, 0.4) is 0 Å². The number of amides is 4. The third-order valence-corrected chi connectivity index (χ3v) is 7.54. The predicted molar refractivity (Wildman–Crippen MR) is 146 cm³/mol. The number of rotatable bonds is 8. The lowest BCUT2D eigenvalue weighted by Crippen LogP contribution is -2.39. The molecule has 9 nitrogen and oxygen atoms in total. The van der Waals surface area contributed by atoms with Crippen LogP contribution in [0.2, 0.25) is 0 Å². The molecule has 2 heterocycles. The molecular weight excluding hydrogens is 514 g/mol. The Labute approximate surface area is 223 Å². The van der Waals surface area contributed by atoms with E-state index < -0.39 is 22.3 Å². The van der Waals surface area contributed by atoms with Crippen molar-refractivity contribution in [2.75, 3.05) is 46.3 Å². The monoisotopic (exact) mass is 539 g/mol. The first-order valence-corrected chi connectivity index (χ1v) is 12.8. The van der Waals surface area contributed by atoms with Crippen molar-refractivity contribution in [2.24, 2.45) is 0 Å². The van der Waals surface area contributed by atoms with Gasteiger partial charge in [0.1, 0.15) is 11.5 Å². The van der Waals surface area contributed by atoms with Gasteiger partial charge < -0.3 is 14.4 Å². The van der Waals surface area contributed by atoms with E-state index in [4.69, 9.17) is 9.47 Å². The fourth-order valence-electron chi connectivity index (χ4n) is 3.68. The van der Waals surface area contributed by atoms with Crippen molar-refractivity contribution in [3.8, 4) is 11.5 Å². The van der Waals surface area contributed by atoms with Crippen LogP contribution in [0.1, 0.15) is 11.1 Å². The second-order valence-corrected chi connectivity index (χ2v) is 10.2. The van der Waals surface area contributed by atoms with E-state index in [0.717, 1.165) is 44.6 Å². The molecule has 0 atom stereocenters. The Kier molecular flexibility index (Phi) is 7.94. The number of nitrogens with zero attached hydrogens (tertiary/aromatic N) is 3. The molecule has 0 aromatic heterocycles. The average Bonchev–Trinajstić information content (AvgIpc) is 3.31. The molecule has 2 aromatic carbocycles. The Morgan fingerprint density at radius 1 is 0.784 bits per heavy atom. The number of carbonyl (C=O) groups is 4. The highest BCUT2D eigenvalue weighted by atomic mass is 32.2. The summed E-state index contributed by atoms with van der Waals surface area (Å²) in [5, 5.41) is -0.904. The number of thioether (sulfide) groups is 2. The molecule has 0 bridgehead atoms. The minimum Gasteiger partial charge on any atom is -0.497 e. The van der Waals surface area contributed by atoms with E-state index in [1.54, 1.807) is 30.4 Å². The van der Waals surface area contributed by atoms with Crippen LogP contribution in [0.25, 0.3) is 12.2 Å². The van der Waals surface area contributed by atoms with Crippen LogP contribution in [-0.2, 0) is 9.59 Å². The molecule has 4 rings (SSSR count). The molecule has 11 heteroatoms. The van der Waals surface area contributed by atoms with Crippen LogP contribution in [0.4, 0.5) is 15.3 Å². The van der Waals surface area contributed by atoms with Crippen LogP contribution < -0.4 is 14.4 Å². The zero-order chi connectivity index (χ0) is 26.7. The maximum atomic E-state index is 12.9. The molecule has 2 aliphatic heterocycles. The van der Waals surface area contributed by atoms with Gasteiger partial charge in [-0.15, -0.1) is 0 Å². The number of ether oxygens (including phenoxy) is 2. The van der Waals surface area contributed by atoms with Crippen LogP contribution in [0, 0.1) is 0 Å². The van der Waals surface area contributed by atoms with Crippen molar-refractivity contribution in [3.63, 3.8) is 0 Å². The standard InChI is InChI=1S/C26H25N3O6S2/c1-27(2)18-8-5-16(6-9-18)13-21-23(30)28(25(32)36-21)11-12-29-24(31)22(37-26(29)33)14-17-7-10-19(34-3)15-20(17)35-4/h5-10,13-15H,11-12H2,1-4H3/b21-13+,22-14+. The Hall–Kier alpha value is -3.70. The number of hydrogen-bond acceptors (Lipinski definition) is 9. The normalized spacial score (nSPS) is 17.9. The summed E-state index contributed by atoms with van der Waals surface area (Å²) in [7, 11) is 6.91. The van der Waals surface area contributed by atoms with Gasteiger partial charge in [0.25, 0.3) is 22.3 Å². The lowest BCUT2D eigenvalue weighted by molar-refractivity contribution is -0.125. The van der Waals surface area contributed by atoms with Crippen molar-refractivity contribution >= 4 is 63.7 Å². The summed E-state index contributed by atoms with van der Waals surface area (Å²) in [5.41, 5.74) is 2.42. The Morgan fingerprint density at radius 2 is 1.35 bits per heavy atom. The van der Waals surface area contributed by atoms with Crippen LogP contribution in [-0.4, -0.2) is 73.5 Å². The van der Waals surface area contributed by atoms with Crippen molar-refractivity contribution in [3.05, 3.63) is 63.4 Å². The predicted octanol–water partition coefficient (Wildman–Crippen LogP) is 4.54. The second kappa shape index (κ2) is 11.1. The summed E-state index contributed by atoms with van der Waals surface area (Å²) >= 11 is 1.64. The van der Waals surface area contributed by atoms with Gasteiger partial charge in [-0.05, 0) is 65.5 Å². The molecule has 192 valence electrons. The maximum Gasteiger partial charge on any atom is 0.293 e. The van der Waals surface area contributed by atoms with Crippen LogP contribution in [0.15, 0.2) is 52.3 Å². The van der Waals surface area contributed by atoms with Crippen molar-refractivity contribution in [2.45, 2.75) is 0 Å². The first-order chi connectivity index (χ1) is 17.7. The summed E-state index contributed by atoms with van der Waals surface area (Å²) in [4.78, 5) is 55.5. The summed E-state index contributed by atoms with van der Waals surface area (Å²) < 4.78 is 10.5. The molecule has 0 spiro atoms. The van der Waals surface area contributed by atoms with E-state index in [0.29, 0.717) is 22.0 Å². The average molecular weight is 540 g/mol. The zero-order valence-electron chi connectivity index (χ0n) is 20.7. The Balaban J connectivity index is 1.43. The molecule has 0 aliphatic carbocycles. The molecular formula is C26H25N3O6S2. The highest BCUT2D eigenvalue weighted by Crippen LogP contribution is 2.36. The van der Waals surface area contributed by atoms with Gasteiger partial charge in [-0.3, -0.25) is 29.0 Å². The van der Waals surface area contributed by atoms with E-state index in [9.17, 15) is 19.2 Å². The molecule has 0 radical (unpaired) electrons. The molecule has 2 aliphatic rings. The number of methoxy groups -OCH3 is 2. The molecule has 2 aromatic rings. The molecule has 37 heavy (non-hydrogen) atoms. The lowest BCUT2D eigenvalue weighted by Gasteiger charge is -2.17. The Morgan fingerprint density at radius 3 is 1.86 bits per heavy atom. The molecule has 2 fully saturated rings. The van der Waals surface area contributed by atoms with Crippen LogP contribution >= 0.6 is 23.5 Å². The van der Waals surface area contributed by atoms with Crippen molar-refractivity contribution in [1.29, 1.82) is 0 Å².